The lowest BCUT2D eigenvalue weighted by Crippen LogP contribution is -2.44. The summed E-state index contributed by atoms with van der Waals surface area (Å²) in [5.74, 6) is -0.0922. The van der Waals surface area contributed by atoms with Crippen LogP contribution in [0.5, 0.6) is 0 Å². The van der Waals surface area contributed by atoms with Gasteiger partial charge in [-0.15, -0.1) is 12.4 Å². The molecule has 2 aromatic rings. The van der Waals surface area contributed by atoms with E-state index in [-0.39, 0.29) is 36.3 Å². The second-order valence-electron chi connectivity index (χ2n) is 9.18. The summed E-state index contributed by atoms with van der Waals surface area (Å²) in [5.41, 5.74) is 2.56. The van der Waals surface area contributed by atoms with Gasteiger partial charge in [0.1, 0.15) is 0 Å². The minimum absolute atomic E-state index is 0. The molecule has 36 heavy (non-hydrogen) atoms. The molecule has 4 N–H and O–H groups in total. The molecule has 1 aliphatic carbocycles. The molecular formula is C27H36ClN3O5. The van der Waals surface area contributed by atoms with Crippen molar-refractivity contribution < 1.29 is 24.6 Å². The number of hydrogen-bond donors (Lipinski definition) is 4. The van der Waals surface area contributed by atoms with E-state index in [1.54, 1.807) is 24.3 Å². The van der Waals surface area contributed by atoms with Crippen molar-refractivity contribution >= 4 is 30.4 Å². The van der Waals surface area contributed by atoms with Crippen LogP contribution in [0.4, 0.5) is 4.79 Å². The number of halogens is 1. The van der Waals surface area contributed by atoms with E-state index >= 15 is 0 Å². The molecule has 0 unspecified atom stereocenters. The number of carbonyl (C=O) groups is 3. The molecule has 0 atom stereocenters. The van der Waals surface area contributed by atoms with E-state index in [4.69, 9.17) is 15.0 Å². The minimum Gasteiger partial charge on any atom is -0.450 e. The number of nitrogens with one attached hydrogen (secondary N) is 2. The maximum Gasteiger partial charge on any atom is 0.503 e. The number of carboxylic acid groups (broad SMARTS) is 2. The Morgan fingerprint density at radius 2 is 1.17 bits per heavy atom. The van der Waals surface area contributed by atoms with Crippen LogP contribution in [-0.2, 0) is 6.54 Å². The Kier molecular flexibility index (Phi) is 12.2. The number of benzene rings is 2. The number of hydrogen-bond acceptors (Lipinski definition) is 4. The van der Waals surface area contributed by atoms with Crippen LogP contribution in [0.2, 0.25) is 0 Å². The van der Waals surface area contributed by atoms with Crippen molar-refractivity contribution in [2.45, 2.75) is 63.6 Å². The summed E-state index contributed by atoms with van der Waals surface area (Å²) in [6, 6.07) is 18.0. The summed E-state index contributed by atoms with van der Waals surface area (Å²) < 4.78 is 0. The van der Waals surface area contributed by atoms with Gasteiger partial charge in [-0.25, -0.2) is 4.79 Å². The van der Waals surface area contributed by atoms with Gasteiger partial charge in [0.05, 0.1) is 0 Å². The van der Waals surface area contributed by atoms with Crippen LogP contribution in [0.1, 0.15) is 71.2 Å². The first-order chi connectivity index (χ1) is 16.9. The third-order valence-corrected chi connectivity index (χ3v) is 6.52. The van der Waals surface area contributed by atoms with Gasteiger partial charge in [0.2, 0.25) is 0 Å². The van der Waals surface area contributed by atoms with Crippen LogP contribution in [0, 0.1) is 0 Å². The van der Waals surface area contributed by atoms with Crippen LogP contribution in [0.3, 0.4) is 0 Å². The fraction of sp³-hybridized carbons (Fsp3) is 0.444. The van der Waals surface area contributed by atoms with Gasteiger partial charge >= 0.3 is 6.16 Å². The lowest BCUT2D eigenvalue weighted by atomic mass is 9.95. The third-order valence-electron chi connectivity index (χ3n) is 6.52. The monoisotopic (exact) mass is 517 g/mol. The normalized spacial score (nSPS) is 16.6. The van der Waals surface area contributed by atoms with Crippen molar-refractivity contribution in [3.05, 3.63) is 71.3 Å². The van der Waals surface area contributed by atoms with Gasteiger partial charge in [0.25, 0.3) is 11.8 Å². The fourth-order valence-electron chi connectivity index (χ4n) is 4.63. The molecule has 2 amide bonds. The lowest BCUT2D eigenvalue weighted by molar-refractivity contribution is 0.0903. The highest BCUT2D eigenvalue weighted by Gasteiger charge is 2.22. The number of amides is 2. The molecule has 2 aliphatic rings. The van der Waals surface area contributed by atoms with Crippen molar-refractivity contribution in [1.82, 2.24) is 15.5 Å². The molecule has 9 heteroatoms. The molecule has 8 nitrogen and oxygen atoms in total. The van der Waals surface area contributed by atoms with Gasteiger partial charge in [0.15, 0.2) is 0 Å². The first-order valence-electron chi connectivity index (χ1n) is 12.3. The quantitative estimate of drug-likeness (QED) is 0.437. The van der Waals surface area contributed by atoms with E-state index in [9.17, 15) is 9.59 Å². The Morgan fingerprint density at radius 1 is 0.722 bits per heavy atom. The molecule has 1 aliphatic heterocycles. The Morgan fingerprint density at radius 3 is 1.64 bits per heavy atom. The molecule has 2 aromatic carbocycles. The largest absolute Gasteiger partial charge is 0.503 e. The highest BCUT2D eigenvalue weighted by atomic mass is 35.5. The van der Waals surface area contributed by atoms with Gasteiger partial charge in [-0.3, -0.25) is 14.5 Å². The first-order valence-corrected chi connectivity index (χ1v) is 12.3. The van der Waals surface area contributed by atoms with Crippen molar-refractivity contribution in [1.29, 1.82) is 0 Å². The van der Waals surface area contributed by atoms with Crippen molar-refractivity contribution in [3.8, 4) is 0 Å². The number of likely N-dealkylation sites (tertiary alicyclic amines) is 1. The van der Waals surface area contributed by atoms with Crippen LogP contribution in [0.15, 0.2) is 54.6 Å². The summed E-state index contributed by atoms with van der Waals surface area (Å²) >= 11 is 0. The van der Waals surface area contributed by atoms with E-state index in [0.29, 0.717) is 11.1 Å². The van der Waals surface area contributed by atoms with Crippen LogP contribution >= 0.6 is 12.4 Å². The van der Waals surface area contributed by atoms with E-state index < -0.39 is 6.16 Å². The zero-order chi connectivity index (χ0) is 25.0. The Labute approximate surface area is 218 Å². The molecule has 0 radical (unpaired) electrons. The summed E-state index contributed by atoms with van der Waals surface area (Å²) in [6.45, 7) is 2.94. The molecule has 2 fully saturated rings. The molecule has 1 saturated heterocycles. The maximum absolute atomic E-state index is 12.7. The lowest BCUT2D eigenvalue weighted by Gasteiger charge is -2.32. The zero-order valence-corrected chi connectivity index (χ0v) is 21.2. The van der Waals surface area contributed by atoms with Crippen molar-refractivity contribution in [2.75, 3.05) is 13.1 Å². The minimum atomic E-state index is -1.83. The molecule has 0 spiro atoms. The topological polar surface area (TPSA) is 119 Å². The van der Waals surface area contributed by atoms with Gasteiger partial charge in [-0.1, -0.05) is 49.6 Å². The number of piperidine rings is 1. The third kappa shape index (κ3) is 9.87. The molecule has 1 saturated carbocycles. The second kappa shape index (κ2) is 15.1. The molecule has 0 aromatic heterocycles. The van der Waals surface area contributed by atoms with Gasteiger partial charge in [-0.2, -0.15) is 0 Å². The summed E-state index contributed by atoms with van der Waals surface area (Å²) in [4.78, 5) is 36.1. The van der Waals surface area contributed by atoms with E-state index in [0.717, 1.165) is 45.3 Å². The Balaban J connectivity index is 0.000000850. The average molecular weight is 518 g/mol. The van der Waals surface area contributed by atoms with Gasteiger partial charge < -0.3 is 20.8 Å². The van der Waals surface area contributed by atoms with Crippen LogP contribution in [0.25, 0.3) is 0 Å². The van der Waals surface area contributed by atoms with Gasteiger partial charge in [-0.05, 0) is 55.5 Å². The molecule has 0 bridgehead atoms. The van der Waals surface area contributed by atoms with E-state index in [1.807, 2.05) is 6.07 Å². The molecular weight excluding hydrogens is 482 g/mol. The zero-order valence-electron chi connectivity index (χ0n) is 20.4. The summed E-state index contributed by atoms with van der Waals surface area (Å²) in [7, 11) is 0. The average Bonchev–Trinajstić information content (AvgIpc) is 2.86. The highest BCUT2D eigenvalue weighted by Crippen LogP contribution is 2.18. The smallest absolute Gasteiger partial charge is 0.450 e. The second-order valence-corrected chi connectivity index (χ2v) is 9.18. The molecule has 196 valence electrons. The molecule has 4 rings (SSSR count). The summed E-state index contributed by atoms with van der Waals surface area (Å²) in [6.07, 6.45) is 5.86. The van der Waals surface area contributed by atoms with Crippen molar-refractivity contribution in [3.63, 3.8) is 0 Å². The standard InChI is InChI=1S/C26H33N3O2.CH2O3.ClH/c30-25(27-23-9-5-2-6-10-23)21-11-13-22(14-12-21)26(31)28-24-15-17-29(18-16-24)19-20-7-3-1-4-8-20;2-1(3)4;/h1,3-4,7-8,11-14,23-24H,2,5-6,9-10,15-19H2,(H,27,30)(H,28,31);(H2,2,3,4);1H. The molecule has 1 heterocycles. The van der Waals surface area contributed by atoms with E-state index in [2.05, 4.69) is 39.8 Å². The Bertz CT molecular complexity index is 953. The van der Waals surface area contributed by atoms with Crippen LogP contribution < -0.4 is 10.6 Å². The number of nitrogens with zero attached hydrogens (tertiary/aromatic N) is 1. The van der Waals surface area contributed by atoms with Crippen molar-refractivity contribution in [2.24, 2.45) is 0 Å². The van der Waals surface area contributed by atoms with Crippen LogP contribution in [-0.4, -0.2) is 58.3 Å². The SMILES string of the molecule is Cl.O=C(NC1CCCCC1)c1ccc(C(=O)NC2CCN(Cc3ccccc3)CC2)cc1.O=C(O)O. The predicted octanol–water partition coefficient (Wildman–Crippen LogP) is 4.79. The van der Waals surface area contributed by atoms with Gasteiger partial charge in [0, 0.05) is 42.8 Å². The maximum atomic E-state index is 12.7. The highest BCUT2D eigenvalue weighted by molar-refractivity contribution is 5.98. The first kappa shape index (κ1) is 29.1. The predicted molar refractivity (Wildman–Crippen MR) is 141 cm³/mol. The fourth-order valence-corrected chi connectivity index (χ4v) is 4.63. The number of carbonyl (C=O) groups excluding carboxylic acids is 2. The number of rotatable bonds is 6. The Hall–Kier alpha value is -3.10. The van der Waals surface area contributed by atoms with E-state index in [1.165, 1.54) is 24.8 Å². The summed E-state index contributed by atoms with van der Waals surface area (Å²) in [5, 5.41) is 20.2.